The van der Waals surface area contributed by atoms with Gasteiger partial charge in [0.25, 0.3) is 5.56 Å². The number of aromatic nitrogens is 2. The molecule has 0 bridgehead atoms. The van der Waals surface area contributed by atoms with Crippen molar-refractivity contribution in [3.63, 3.8) is 0 Å². The van der Waals surface area contributed by atoms with E-state index in [1.165, 1.54) is 13.8 Å². The number of nitrogens with one attached hydrogen (secondary N) is 1. The molecule has 0 atom stereocenters. The van der Waals surface area contributed by atoms with Crippen molar-refractivity contribution in [2.24, 2.45) is 0 Å². The van der Waals surface area contributed by atoms with Crippen LogP contribution in [-0.2, 0) is 16.4 Å². The summed E-state index contributed by atoms with van der Waals surface area (Å²) < 4.78 is 35.3. The molecule has 0 saturated carbocycles. The van der Waals surface area contributed by atoms with Gasteiger partial charge in [0.15, 0.2) is 15.0 Å². The summed E-state index contributed by atoms with van der Waals surface area (Å²) in [5.41, 5.74) is -2.20. The Hall–Kier alpha value is -1.15. The molecule has 18 heavy (non-hydrogen) atoms. The zero-order valence-electron chi connectivity index (χ0n) is 9.95. The van der Waals surface area contributed by atoms with Gasteiger partial charge in [0.05, 0.1) is 4.75 Å². The van der Waals surface area contributed by atoms with Crippen molar-refractivity contribution in [1.82, 2.24) is 9.55 Å². The maximum Gasteiger partial charge on any atom is 0.329 e. The molecule has 0 radical (unpaired) electrons. The van der Waals surface area contributed by atoms with Gasteiger partial charge in [-0.15, -0.1) is 0 Å². The average Bonchev–Trinajstić information content (AvgIpc) is 2.20. The normalized spacial score (nSPS) is 12.7. The summed E-state index contributed by atoms with van der Waals surface area (Å²) in [6.07, 6.45) is 0.971. The number of rotatable bonds is 3. The zero-order chi connectivity index (χ0) is 14.3. The van der Waals surface area contributed by atoms with Crippen molar-refractivity contribution in [1.29, 1.82) is 0 Å². The van der Waals surface area contributed by atoms with Gasteiger partial charge in [0, 0.05) is 12.8 Å². The average molecular weight is 299 g/mol. The summed E-state index contributed by atoms with van der Waals surface area (Å²) >= 11 is 5.29. The van der Waals surface area contributed by atoms with Crippen LogP contribution in [0, 0.1) is 5.82 Å². The molecule has 0 aromatic carbocycles. The van der Waals surface area contributed by atoms with Crippen LogP contribution in [0.25, 0.3) is 0 Å². The van der Waals surface area contributed by atoms with Crippen LogP contribution in [0.15, 0.2) is 9.59 Å². The van der Waals surface area contributed by atoms with Crippen LogP contribution in [-0.4, -0.2) is 29.0 Å². The Kier molecular flexibility index (Phi) is 3.73. The number of aromatic amines is 1. The number of H-pyrrole nitrogens is 1. The number of hydrogen-bond donors (Lipinski definition) is 1. The van der Waals surface area contributed by atoms with Gasteiger partial charge in [-0.2, -0.15) is 4.39 Å². The molecule has 1 N–H and O–H groups in total. The quantitative estimate of drug-likeness (QED) is 0.805. The summed E-state index contributed by atoms with van der Waals surface area (Å²) in [6, 6.07) is 0. The Morgan fingerprint density at radius 1 is 1.39 bits per heavy atom. The molecular weight excluding hydrogens is 287 g/mol. The minimum Gasteiger partial charge on any atom is -0.295 e. The molecule has 1 aromatic rings. The van der Waals surface area contributed by atoms with E-state index in [9.17, 15) is 22.4 Å². The highest BCUT2D eigenvalue weighted by atomic mass is 35.5. The molecular formula is C9H12ClFN2O4S. The molecule has 0 aliphatic carbocycles. The highest BCUT2D eigenvalue weighted by molar-refractivity contribution is 7.92. The molecule has 0 aliphatic rings. The SMILES string of the molecule is CC(C)(Cn1c(=O)[nH]c(Cl)c(F)c1=O)S(C)(=O)=O. The Balaban J connectivity index is 3.44. The smallest absolute Gasteiger partial charge is 0.295 e. The first kappa shape index (κ1) is 14.9. The Morgan fingerprint density at radius 2 is 1.89 bits per heavy atom. The van der Waals surface area contributed by atoms with Crippen molar-refractivity contribution >= 4 is 21.4 Å². The molecule has 1 aromatic heterocycles. The topological polar surface area (TPSA) is 89.0 Å². The molecule has 1 rings (SSSR count). The molecule has 0 amide bonds. The van der Waals surface area contributed by atoms with E-state index in [0.717, 1.165) is 6.26 Å². The third-order valence-corrected chi connectivity index (χ3v) is 5.03. The highest BCUT2D eigenvalue weighted by Gasteiger charge is 2.32. The fraction of sp³-hybridized carbons (Fsp3) is 0.556. The Morgan fingerprint density at radius 3 is 2.33 bits per heavy atom. The van der Waals surface area contributed by atoms with Gasteiger partial charge in [0.2, 0.25) is 5.82 Å². The van der Waals surface area contributed by atoms with Gasteiger partial charge in [-0.3, -0.25) is 14.3 Å². The van der Waals surface area contributed by atoms with Crippen LogP contribution in [0.5, 0.6) is 0 Å². The molecule has 0 fully saturated rings. The largest absolute Gasteiger partial charge is 0.329 e. The van der Waals surface area contributed by atoms with Crippen LogP contribution in [0.1, 0.15) is 13.8 Å². The van der Waals surface area contributed by atoms with Crippen LogP contribution >= 0.6 is 11.6 Å². The zero-order valence-corrected chi connectivity index (χ0v) is 11.5. The van der Waals surface area contributed by atoms with Gasteiger partial charge >= 0.3 is 5.69 Å². The van der Waals surface area contributed by atoms with Crippen LogP contribution in [0.4, 0.5) is 4.39 Å². The van der Waals surface area contributed by atoms with E-state index in [1.807, 2.05) is 4.98 Å². The van der Waals surface area contributed by atoms with Crippen LogP contribution < -0.4 is 11.2 Å². The van der Waals surface area contributed by atoms with E-state index >= 15 is 0 Å². The summed E-state index contributed by atoms with van der Waals surface area (Å²) in [5, 5.41) is -0.696. The molecule has 0 aliphatic heterocycles. The maximum absolute atomic E-state index is 13.3. The molecule has 9 heteroatoms. The van der Waals surface area contributed by atoms with E-state index in [2.05, 4.69) is 0 Å². The van der Waals surface area contributed by atoms with Crippen molar-refractivity contribution in [2.45, 2.75) is 25.1 Å². The lowest BCUT2D eigenvalue weighted by Crippen LogP contribution is -2.46. The lowest BCUT2D eigenvalue weighted by Gasteiger charge is -2.22. The van der Waals surface area contributed by atoms with E-state index in [-0.39, 0.29) is 0 Å². The predicted octanol–water partition coefficient (Wildman–Crippen LogP) is 0.152. The first-order chi connectivity index (χ1) is 7.97. The minimum atomic E-state index is -3.52. The second kappa shape index (κ2) is 4.51. The maximum atomic E-state index is 13.3. The van der Waals surface area contributed by atoms with Gasteiger partial charge in [-0.05, 0) is 13.8 Å². The van der Waals surface area contributed by atoms with Gasteiger partial charge in [0.1, 0.15) is 0 Å². The van der Waals surface area contributed by atoms with Crippen molar-refractivity contribution in [3.05, 3.63) is 31.8 Å². The summed E-state index contributed by atoms with van der Waals surface area (Å²) in [4.78, 5) is 24.9. The van der Waals surface area contributed by atoms with E-state index < -0.39 is 43.3 Å². The third-order valence-electron chi connectivity index (χ3n) is 2.63. The molecule has 102 valence electrons. The lowest BCUT2D eigenvalue weighted by molar-refractivity contribution is 0.465. The monoisotopic (exact) mass is 298 g/mol. The molecule has 0 unspecified atom stereocenters. The van der Waals surface area contributed by atoms with Crippen molar-refractivity contribution < 1.29 is 12.8 Å². The summed E-state index contributed by atoms with van der Waals surface area (Å²) in [7, 11) is -3.52. The first-order valence-corrected chi connectivity index (χ1v) is 7.12. The second-order valence-corrected chi connectivity index (χ2v) is 7.51. The third kappa shape index (κ3) is 2.64. The standard InChI is InChI=1S/C9H12ClFN2O4S/c1-9(2,18(3,16)17)4-13-7(14)5(11)6(10)12-8(13)15/h4H2,1-3H3,(H,12,15). The second-order valence-electron chi connectivity index (χ2n) is 4.48. The van der Waals surface area contributed by atoms with Crippen LogP contribution in [0.3, 0.4) is 0 Å². The van der Waals surface area contributed by atoms with Crippen LogP contribution in [0.2, 0.25) is 5.15 Å². The Labute approximate surface area is 107 Å². The highest BCUT2D eigenvalue weighted by Crippen LogP contribution is 2.16. The van der Waals surface area contributed by atoms with Crippen molar-refractivity contribution in [3.8, 4) is 0 Å². The van der Waals surface area contributed by atoms with Gasteiger partial charge in [-0.1, -0.05) is 11.6 Å². The van der Waals surface area contributed by atoms with Crippen molar-refractivity contribution in [2.75, 3.05) is 6.26 Å². The molecule has 1 heterocycles. The fourth-order valence-corrected chi connectivity index (χ4v) is 1.69. The van der Waals surface area contributed by atoms with Gasteiger partial charge < -0.3 is 0 Å². The van der Waals surface area contributed by atoms with E-state index in [4.69, 9.17) is 11.6 Å². The number of hydrogen-bond acceptors (Lipinski definition) is 4. The number of halogens is 2. The van der Waals surface area contributed by atoms with E-state index in [0.29, 0.717) is 4.57 Å². The fourth-order valence-electron chi connectivity index (χ4n) is 1.16. The predicted molar refractivity (Wildman–Crippen MR) is 65.2 cm³/mol. The van der Waals surface area contributed by atoms with Gasteiger partial charge in [-0.25, -0.2) is 13.2 Å². The first-order valence-electron chi connectivity index (χ1n) is 4.85. The van der Waals surface area contributed by atoms with E-state index in [1.54, 1.807) is 0 Å². The molecule has 6 nitrogen and oxygen atoms in total. The Bertz CT molecular complexity index is 689. The molecule has 0 saturated heterocycles. The molecule has 0 spiro atoms. The summed E-state index contributed by atoms with van der Waals surface area (Å²) in [5.74, 6) is -1.32. The number of sulfone groups is 1. The lowest BCUT2D eigenvalue weighted by atomic mass is 10.2. The minimum absolute atomic E-state index is 0.464. The number of nitrogens with zero attached hydrogens (tertiary/aromatic N) is 1. The summed E-state index contributed by atoms with van der Waals surface area (Å²) in [6.45, 7) is 2.20.